The molecule has 1 aromatic heterocycles. The van der Waals surface area contributed by atoms with Crippen molar-refractivity contribution in [1.82, 2.24) is 10.2 Å². The third kappa shape index (κ3) is 3.46. The third-order valence-corrected chi connectivity index (χ3v) is 4.36. The largest absolute Gasteiger partial charge is 0.494 e. The van der Waals surface area contributed by atoms with Crippen LogP contribution in [-0.4, -0.2) is 24.4 Å². The summed E-state index contributed by atoms with van der Waals surface area (Å²) in [5.74, 6) is 0.184. The fourth-order valence-electron chi connectivity index (χ4n) is 2.19. The zero-order valence-corrected chi connectivity index (χ0v) is 14.1. The molecule has 0 saturated carbocycles. The lowest BCUT2D eigenvalue weighted by Gasteiger charge is -2.12. The highest BCUT2D eigenvalue weighted by molar-refractivity contribution is 7.14. The van der Waals surface area contributed by atoms with Gasteiger partial charge in [0, 0.05) is 17.7 Å². The van der Waals surface area contributed by atoms with Gasteiger partial charge in [0.15, 0.2) is 11.6 Å². The standard InChI is InChI=1S/C17H16FN3O2S/c1-22-14-9-15(23-2)13(8-12(14)18)19-10-16-20-21-17(24-16)11-6-4-3-5-7-11/h3-9,19H,10H2,1-2H3. The van der Waals surface area contributed by atoms with Crippen LogP contribution in [0.15, 0.2) is 42.5 Å². The Morgan fingerprint density at radius 3 is 2.50 bits per heavy atom. The number of nitrogens with zero attached hydrogens (tertiary/aromatic N) is 2. The van der Waals surface area contributed by atoms with Crippen LogP contribution in [0.2, 0.25) is 0 Å². The fraction of sp³-hybridized carbons (Fsp3) is 0.176. The van der Waals surface area contributed by atoms with E-state index >= 15 is 0 Å². The summed E-state index contributed by atoms with van der Waals surface area (Å²) in [4.78, 5) is 0. The third-order valence-electron chi connectivity index (χ3n) is 3.39. The van der Waals surface area contributed by atoms with Gasteiger partial charge >= 0.3 is 0 Å². The number of rotatable bonds is 6. The maximum absolute atomic E-state index is 13.9. The molecule has 0 spiro atoms. The van der Waals surface area contributed by atoms with Gasteiger partial charge in [-0.1, -0.05) is 41.7 Å². The first-order chi connectivity index (χ1) is 11.7. The monoisotopic (exact) mass is 345 g/mol. The number of hydrogen-bond acceptors (Lipinski definition) is 6. The lowest BCUT2D eigenvalue weighted by molar-refractivity contribution is 0.374. The Balaban J connectivity index is 1.75. The lowest BCUT2D eigenvalue weighted by atomic mass is 10.2. The zero-order chi connectivity index (χ0) is 16.9. The van der Waals surface area contributed by atoms with Crippen LogP contribution < -0.4 is 14.8 Å². The molecule has 1 heterocycles. The van der Waals surface area contributed by atoms with Crippen molar-refractivity contribution in [3.63, 3.8) is 0 Å². The average molecular weight is 345 g/mol. The van der Waals surface area contributed by atoms with E-state index < -0.39 is 5.82 Å². The molecule has 0 bridgehead atoms. The highest BCUT2D eigenvalue weighted by atomic mass is 32.1. The molecular weight excluding hydrogens is 329 g/mol. The first kappa shape index (κ1) is 16.2. The van der Waals surface area contributed by atoms with Gasteiger partial charge in [0.1, 0.15) is 15.8 Å². The molecule has 1 N–H and O–H groups in total. The molecule has 24 heavy (non-hydrogen) atoms. The second-order valence-electron chi connectivity index (χ2n) is 4.91. The molecule has 5 nitrogen and oxygen atoms in total. The predicted octanol–water partition coefficient (Wildman–Crippen LogP) is 3.97. The van der Waals surface area contributed by atoms with Crippen molar-refractivity contribution in [2.45, 2.75) is 6.54 Å². The smallest absolute Gasteiger partial charge is 0.167 e. The van der Waals surface area contributed by atoms with Gasteiger partial charge < -0.3 is 14.8 Å². The molecule has 0 aliphatic rings. The van der Waals surface area contributed by atoms with Crippen LogP contribution in [-0.2, 0) is 6.54 Å². The van der Waals surface area contributed by atoms with Gasteiger partial charge in [0.25, 0.3) is 0 Å². The Labute approximate surface area is 143 Å². The second kappa shape index (κ2) is 7.27. The molecule has 0 saturated heterocycles. The Morgan fingerprint density at radius 2 is 1.79 bits per heavy atom. The molecule has 0 atom stereocenters. The van der Waals surface area contributed by atoms with Crippen LogP contribution in [0.5, 0.6) is 11.5 Å². The molecule has 7 heteroatoms. The van der Waals surface area contributed by atoms with Crippen molar-refractivity contribution < 1.29 is 13.9 Å². The maximum Gasteiger partial charge on any atom is 0.167 e. The number of halogens is 1. The molecular formula is C17H16FN3O2S. The Kier molecular flexibility index (Phi) is 4.90. The van der Waals surface area contributed by atoms with Gasteiger partial charge in [0.2, 0.25) is 0 Å². The van der Waals surface area contributed by atoms with Crippen LogP contribution >= 0.6 is 11.3 Å². The van der Waals surface area contributed by atoms with Crippen LogP contribution in [0.4, 0.5) is 10.1 Å². The molecule has 0 amide bonds. The molecule has 0 unspecified atom stereocenters. The minimum atomic E-state index is -0.456. The SMILES string of the molecule is COc1cc(OC)c(NCc2nnc(-c3ccccc3)s2)cc1F. The Bertz CT molecular complexity index is 824. The van der Waals surface area contributed by atoms with E-state index in [4.69, 9.17) is 9.47 Å². The first-order valence-corrected chi connectivity index (χ1v) is 8.06. The normalized spacial score (nSPS) is 10.5. The fourth-order valence-corrected chi connectivity index (χ4v) is 2.98. The molecule has 2 aromatic carbocycles. The molecule has 0 aliphatic carbocycles. The summed E-state index contributed by atoms with van der Waals surface area (Å²) >= 11 is 1.49. The molecule has 0 fully saturated rings. The summed E-state index contributed by atoms with van der Waals surface area (Å²) in [5.41, 5.74) is 1.56. The summed E-state index contributed by atoms with van der Waals surface area (Å²) < 4.78 is 24.1. The molecule has 0 aliphatic heterocycles. The van der Waals surface area contributed by atoms with E-state index in [2.05, 4.69) is 15.5 Å². The number of anilines is 1. The van der Waals surface area contributed by atoms with Crippen LogP contribution in [0.25, 0.3) is 10.6 Å². The molecule has 124 valence electrons. The topological polar surface area (TPSA) is 56.3 Å². The van der Waals surface area contributed by atoms with Gasteiger partial charge in [-0.2, -0.15) is 0 Å². The van der Waals surface area contributed by atoms with Gasteiger partial charge in [0.05, 0.1) is 26.5 Å². The van der Waals surface area contributed by atoms with Crippen molar-refractivity contribution >= 4 is 17.0 Å². The highest BCUT2D eigenvalue weighted by Crippen LogP contribution is 2.32. The number of nitrogens with one attached hydrogen (secondary N) is 1. The number of aromatic nitrogens is 2. The van der Waals surface area contributed by atoms with Crippen molar-refractivity contribution in [2.24, 2.45) is 0 Å². The van der Waals surface area contributed by atoms with Crippen LogP contribution in [0.3, 0.4) is 0 Å². The van der Waals surface area contributed by atoms with E-state index in [0.717, 1.165) is 15.6 Å². The van der Waals surface area contributed by atoms with Crippen LogP contribution in [0.1, 0.15) is 5.01 Å². The van der Waals surface area contributed by atoms with Gasteiger partial charge in [-0.25, -0.2) is 4.39 Å². The van der Waals surface area contributed by atoms with Crippen molar-refractivity contribution in [3.05, 3.63) is 53.3 Å². The van der Waals surface area contributed by atoms with Crippen molar-refractivity contribution in [3.8, 4) is 22.1 Å². The first-order valence-electron chi connectivity index (χ1n) is 7.24. The van der Waals surface area contributed by atoms with Gasteiger partial charge in [-0.3, -0.25) is 0 Å². The summed E-state index contributed by atoms with van der Waals surface area (Å²) in [6.45, 7) is 0.423. The Morgan fingerprint density at radius 1 is 1.04 bits per heavy atom. The van der Waals surface area contributed by atoms with Crippen molar-refractivity contribution in [1.29, 1.82) is 0 Å². The summed E-state index contributed by atoms with van der Waals surface area (Å²) in [7, 11) is 2.94. The quantitative estimate of drug-likeness (QED) is 0.732. The average Bonchev–Trinajstić information content (AvgIpc) is 3.10. The van der Waals surface area contributed by atoms with E-state index in [0.29, 0.717) is 18.0 Å². The number of hydrogen-bond donors (Lipinski definition) is 1. The van der Waals surface area contributed by atoms with E-state index in [9.17, 15) is 4.39 Å². The van der Waals surface area contributed by atoms with E-state index in [1.54, 1.807) is 0 Å². The number of ether oxygens (including phenoxy) is 2. The molecule has 0 radical (unpaired) electrons. The maximum atomic E-state index is 13.9. The predicted molar refractivity (Wildman–Crippen MR) is 92.2 cm³/mol. The summed E-state index contributed by atoms with van der Waals surface area (Å²) in [6, 6.07) is 12.7. The lowest BCUT2D eigenvalue weighted by Crippen LogP contribution is -2.02. The number of benzene rings is 2. The second-order valence-corrected chi connectivity index (χ2v) is 5.97. The van der Waals surface area contributed by atoms with Crippen molar-refractivity contribution in [2.75, 3.05) is 19.5 Å². The molecule has 3 rings (SSSR count). The van der Waals surface area contributed by atoms with E-state index in [1.807, 2.05) is 30.3 Å². The van der Waals surface area contributed by atoms with E-state index in [1.165, 1.54) is 37.7 Å². The zero-order valence-electron chi connectivity index (χ0n) is 13.2. The summed E-state index contributed by atoms with van der Waals surface area (Å²) in [6.07, 6.45) is 0. The van der Waals surface area contributed by atoms with E-state index in [-0.39, 0.29) is 5.75 Å². The summed E-state index contributed by atoms with van der Waals surface area (Å²) in [5, 5.41) is 13.1. The number of methoxy groups -OCH3 is 2. The van der Waals surface area contributed by atoms with Crippen LogP contribution in [0, 0.1) is 5.82 Å². The van der Waals surface area contributed by atoms with Gasteiger partial charge in [-0.15, -0.1) is 10.2 Å². The molecule has 3 aromatic rings. The minimum Gasteiger partial charge on any atom is -0.494 e. The highest BCUT2D eigenvalue weighted by Gasteiger charge is 2.12. The minimum absolute atomic E-state index is 0.139. The Hall–Kier alpha value is -2.67. The van der Waals surface area contributed by atoms with Gasteiger partial charge in [-0.05, 0) is 0 Å².